The number of hydrogen-bond acceptors (Lipinski definition) is 4. The van der Waals surface area contributed by atoms with Crippen LogP contribution in [0.25, 0.3) is 11.4 Å². The summed E-state index contributed by atoms with van der Waals surface area (Å²) in [7, 11) is 0. The first-order chi connectivity index (χ1) is 14.0. The van der Waals surface area contributed by atoms with E-state index in [2.05, 4.69) is 22.1 Å². The molecule has 1 aromatic heterocycles. The van der Waals surface area contributed by atoms with Gasteiger partial charge in [0.25, 0.3) is 0 Å². The van der Waals surface area contributed by atoms with Crippen molar-refractivity contribution < 1.29 is 9.18 Å². The molecule has 0 bridgehead atoms. The molecule has 2 aromatic carbocycles. The van der Waals surface area contributed by atoms with Crippen LogP contribution in [0.3, 0.4) is 0 Å². The second-order valence-corrected chi connectivity index (χ2v) is 7.97. The van der Waals surface area contributed by atoms with Crippen molar-refractivity contribution >= 4 is 29.3 Å². The first-order valence-electron chi connectivity index (χ1n) is 8.98. The summed E-state index contributed by atoms with van der Waals surface area (Å²) in [6.45, 7) is 6.26. The number of carbonyl (C=O) groups excluding carboxylic acids is 1. The summed E-state index contributed by atoms with van der Waals surface area (Å²) in [4.78, 5) is 12.5. The molecule has 1 atom stereocenters. The molecule has 0 radical (unpaired) electrons. The SMILES string of the molecule is C=CCn1c(SC(C)C(=O)NCc2ccccc2Cl)nnc1-c1ccccc1F. The minimum absolute atomic E-state index is 0.157. The van der Waals surface area contributed by atoms with Gasteiger partial charge in [-0.1, -0.05) is 59.8 Å². The second-order valence-electron chi connectivity index (χ2n) is 6.25. The van der Waals surface area contributed by atoms with Gasteiger partial charge in [-0.05, 0) is 30.7 Å². The molecule has 29 heavy (non-hydrogen) atoms. The Labute approximate surface area is 178 Å². The quantitative estimate of drug-likeness (QED) is 0.415. The minimum atomic E-state index is -0.432. The number of halogens is 2. The van der Waals surface area contributed by atoms with Crippen LogP contribution < -0.4 is 5.32 Å². The fraction of sp³-hybridized carbons (Fsp3) is 0.190. The van der Waals surface area contributed by atoms with E-state index >= 15 is 0 Å². The van der Waals surface area contributed by atoms with Gasteiger partial charge in [-0.25, -0.2) is 4.39 Å². The Morgan fingerprint density at radius 2 is 2.00 bits per heavy atom. The molecule has 1 amide bonds. The molecular formula is C21H20ClFN4OS. The maximum Gasteiger partial charge on any atom is 0.233 e. The summed E-state index contributed by atoms with van der Waals surface area (Å²) in [6, 6.07) is 13.7. The smallest absolute Gasteiger partial charge is 0.233 e. The lowest BCUT2D eigenvalue weighted by Crippen LogP contribution is -2.30. The first kappa shape index (κ1) is 21.1. The summed E-state index contributed by atoms with van der Waals surface area (Å²) < 4.78 is 15.9. The lowest BCUT2D eigenvalue weighted by atomic mass is 10.2. The van der Waals surface area contributed by atoms with Crippen LogP contribution in [0.5, 0.6) is 0 Å². The first-order valence-corrected chi connectivity index (χ1v) is 10.2. The van der Waals surface area contributed by atoms with Crippen LogP contribution in [0.15, 0.2) is 66.3 Å². The number of nitrogens with one attached hydrogen (secondary N) is 1. The van der Waals surface area contributed by atoms with Gasteiger partial charge in [0.05, 0.1) is 10.8 Å². The predicted molar refractivity (Wildman–Crippen MR) is 114 cm³/mol. The number of carbonyl (C=O) groups is 1. The van der Waals surface area contributed by atoms with Crippen molar-refractivity contribution in [2.75, 3.05) is 0 Å². The van der Waals surface area contributed by atoms with Crippen LogP contribution in [0, 0.1) is 5.82 Å². The molecule has 0 spiro atoms. The van der Waals surface area contributed by atoms with E-state index in [9.17, 15) is 9.18 Å². The van der Waals surface area contributed by atoms with Gasteiger partial charge in [0, 0.05) is 18.1 Å². The highest BCUT2D eigenvalue weighted by atomic mass is 35.5. The molecule has 0 aliphatic heterocycles. The Kier molecular flexibility index (Phi) is 7.06. The molecular weight excluding hydrogens is 411 g/mol. The number of allylic oxidation sites excluding steroid dienone is 1. The molecule has 0 saturated heterocycles. The van der Waals surface area contributed by atoms with Crippen LogP contribution in [0.1, 0.15) is 12.5 Å². The van der Waals surface area contributed by atoms with Gasteiger partial charge in [-0.15, -0.1) is 16.8 Å². The molecule has 1 N–H and O–H groups in total. The van der Waals surface area contributed by atoms with Crippen molar-refractivity contribution in [2.24, 2.45) is 0 Å². The van der Waals surface area contributed by atoms with E-state index < -0.39 is 5.25 Å². The van der Waals surface area contributed by atoms with E-state index in [1.54, 1.807) is 41.8 Å². The number of amides is 1. The van der Waals surface area contributed by atoms with Crippen LogP contribution in [0.4, 0.5) is 4.39 Å². The Balaban J connectivity index is 1.73. The normalized spacial score (nSPS) is 11.8. The van der Waals surface area contributed by atoms with E-state index in [1.807, 2.05) is 18.2 Å². The van der Waals surface area contributed by atoms with Crippen LogP contribution in [-0.4, -0.2) is 25.9 Å². The van der Waals surface area contributed by atoms with E-state index in [0.29, 0.717) is 34.7 Å². The maximum atomic E-state index is 14.2. The summed E-state index contributed by atoms with van der Waals surface area (Å²) in [5.41, 5.74) is 1.20. The maximum absolute atomic E-state index is 14.2. The third-order valence-corrected chi connectivity index (χ3v) is 5.65. The van der Waals surface area contributed by atoms with E-state index in [0.717, 1.165) is 5.56 Å². The van der Waals surface area contributed by atoms with Gasteiger partial charge in [-0.2, -0.15) is 0 Å². The molecule has 1 heterocycles. The molecule has 5 nitrogen and oxygen atoms in total. The van der Waals surface area contributed by atoms with Gasteiger partial charge in [0.15, 0.2) is 11.0 Å². The predicted octanol–water partition coefficient (Wildman–Crippen LogP) is 4.72. The largest absolute Gasteiger partial charge is 0.351 e. The molecule has 3 rings (SSSR count). The minimum Gasteiger partial charge on any atom is -0.351 e. The Morgan fingerprint density at radius 1 is 1.28 bits per heavy atom. The number of thioether (sulfide) groups is 1. The van der Waals surface area contributed by atoms with Crippen molar-refractivity contribution in [1.82, 2.24) is 20.1 Å². The lowest BCUT2D eigenvalue weighted by Gasteiger charge is -2.13. The lowest BCUT2D eigenvalue weighted by molar-refractivity contribution is -0.120. The standard InChI is InChI=1S/C21H20ClFN4OS/c1-3-12-27-19(16-9-5-7-11-18(16)23)25-26-21(27)29-14(2)20(28)24-13-15-8-4-6-10-17(15)22/h3-11,14H,1,12-13H2,2H3,(H,24,28). The summed E-state index contributed by atoms with van der Waals surface area (Å²) in [6.07, 6.45) is 1.68. The monoisotopic (exact) mass is 430 g/mol. The topological polar surface area (TPSA) is 59.8 Å². The molecule has 1 unspecified atom stereocenters. The molecule has 0 fully saturated rings. The van der Waals surface area contributed by atoms with Gasteiger partial charge >= 0.3 is 0 Å². The van der Waals surface area contributed by atoms with E-state index in [1.165, 1.54) is 17.8 Å². The van der Waals surface area contributed by atoms with Crippen molar-refractivity contribution in [2.45, 2.75) is 30.4 Å². The third-order valence-electron chi connectivity index (χ3n) is 4.21. The number of hydrogen-bond donors (Lipinski definition) is 1. The molecule has 8 heteroatoms. The fourth-order valence-corrected chi connectivity index (χ4v) is 3.78. The van der Waals surface area contributed by atoms with Crippen LogP contribution >= 0.6 is 23.4 Å². The van der Waals surface area contributed by atoms with Crippen molar-refractivity contribution in [3.63, 3.8) is 0 Å². The highest BCUT2D eigenvalue weighted by Gasteiger charge is 2.21. The zero-order valence-electron chi connectivity index (χ0n) is 15.8. The Hall–Kier alpha value is -2.64. The molecule has 3 aromatic rings. The second kappa shape index (κ2) is 9.71. The zero-order chi connectivity index (χ0) is 20.8. The molecule has 0 saturated carbocycles. The fourth-order valence-electron chi connectivity index (χ4n) is 2.69. The van der Waals surface area contributed by atoms with Gasteiger partial charge in [-0.3, -0.25) is 9.36 Å². The zero-order valence-corrected chi connectivity index (χ0v) is 17.4. The summed E-state index contributed by atoms with van der Waals surface area (Å²) in [5.74, 6) is -0.142. The van der Waals surface area contributed by atoms with Gasteiger partial charge < -0.3 is 5.32 Å². The van der Waals surface area contributed by atoms with E-state index in [-0.39, 0.29) is 11.7 Å². The van der Waals surface area contributed by atoms with Crippen LogP contribution in [-0.2, 0) is 17.9 Å². The summed E-state index contributed by atoms with van der Waals surface area (Å²) >= 11 is 7.38. The highest BCUT2D eigenvalue weighted by molar-refractivity contribution is 8.00. The molecule has 150 valence electrons. The molecule has 0 aliphatic rings. The highest BCUT2D eigenvalue weighted by Crippen LogP contribution is 2.28. The Morgan fingerprint density at radius 3 is 2.72 bits per heavy atom. The van der Waals surface area contributed by atoms with Crippen molar-refractivity contribution in [3.05, 3.63) is 77.6 Å². The number of aromatic nitrogens is 3. The number of nitrogens with zero attached hydrogens (tertiary/aromatic N) is 3. The van der Waals surface area contributed by atoms with E-state index in [4.69, 9.17) is 11.6 Å². The number of benzene rings is 2. The van der Waals surface area contributed by atoms with Crippen molar-refractivity contribution in [3.8, 4) is 11.4 Å². The van der Waals surface area contributed by atoms with Gasteiger partial charge in [0.2, 0.25) is 5.91 Å². The summed E-state index contributed by atoms with van der Waals surface area (Å²) in [5, 5.41) is 11.9. The number of rotatable bonds is 8. The average molecular weight is 431 g/mol. The molecule has 0 aliphatic carbocycles. The third kappa shape index (κ3) is 5.05. The Bertz CT molecular complexity index is 1020. The van der Waals surface area contributed by atoms with Gasteiger partial charge in [0.1, 0.15) is 5.82 Å². The van der Waals surface area contributed by atoms with Crippen molar-refractivity contribution in [1.29, 1.82) is 0 Å². The average Bonchev–Trinajstić information content (AvgIpc) is 3.10. The van der Waals surface area contributed by atoms with Crippen LogP contribution in [0.2, 0.25) is 5.02 Å².